The molecule has 1 aliphatic rings. The number of carbonyl (C=O) groups is 1. The molecule has 1 fully saturated rings. The Morgan fingerprint density at radius 3 is 2.57 bits per heavy atom. The zero-order chi connectivity index (χ0) is 15.1. The largest absolute Gasteiger partial charge is 0.367 e. The van der Waals surface area contributed by atoms with E-state index in [1.807, 2.05) is 35.2 Å². The summed E-state index contributed by atoms with van der Waals surface area (Å²) in [5.74, 6) is 0.0732. The molecule has 21 heavy (non-hydrogen) atoms. The van der Waals surface area contributed by atoms with Crippen molar-refractivity contribution >= 4 is 5.91 Å². The van der Waals surface area contributed by atoms with E-state index in [1.54, 1.807) is 7.11 Å². The molecule has 4 nitrogen and oxygen atoms in total. The van der Waals surface area contributed by atoms with Gasteiger partial charge in [-0.2, -0.15) is 0 Å². The molecule has 0 saturated heterocycles. The summed E-state index contributed by atoms with van der Waals surface area (Å²) in [7, 11) is 1.60. The number of hydrogen-bond donors (Lipinski definition) is 1. The molecule has 0 bridgehead atoms. The van der Waals surface area contributed by atoms with Crippen molar-refractivity contribution in [3.63, 3.8) is 0 Å². The first kappa shape index (κ1) is 16.0. The summed E-state index contributed by atoms with van der Waals surface area (Å²) in [6.07, 6.45) is 4.95. The molecule has 1 amide bonds. The number of benzene rings is 1. The van der Waals surface area contributed by atoms with Gasteiger partial charge in [-0.25, -0.2) is 0 Å². The van der Waals surface area contributed by atoms with Crippen molar-refractivity contribution in [2.24, 2.45) is 5.73 Å². The van der Waals surface area contributed by atoms with Crippen LogP contribution < -0.4 is 5.73 Å². The van der Waals surface area contributed by atoms with Crippen molar-refractivity contribution in [1.29, 1.82) is 0 Å². The highest BCUT2D eigenvalue weighted by atomic mass is 16.5. The van der Waals surface area contributed by atoms with Gasteiger partial charge >= 0.3 is 0 Å². The van der Waals surface area contributed by atoms with Crippen molar-refractivity contribution in [2.45, 2.75) is 44.2 Å². The number of hydrogen-bond acceptors (Lipinski definition) is 3. The Morgan fingerprint density at radius 2 is 2.00 bits per heavy atom. The quantitative estimate of drug-likeness (QED) is 0.839. The number of carbonyl (C=O) groups excluding carboxylic acids is 1. The summed E-state index contributed by atoms with van der Waals surface area (Å²) >= 11 is 0. The highest BCUT2D eigenvalue weighted by Crippen LogP contribution is 2.27. The van der Waals surface area contributed by atoms with Gasteiger partial charge in [0.2, 0.25) is 0 Å². The monoisotopic (exact) mass is 290 g/mol. The van der Waals surface area contributed by atoms with E-state index in [-0.39, 0.29) is 5.91 Å². The molecule has 4 heteroatoms. The van der Waals surface area contributed by atoms with E-state index >= 15 is 0 Å². The molecular formula is C17H26N2O2. The Labute approximate surface area is 127 Å². The number of nitrogens with two attached hydrogens (primary N) is 1. The van der Waals surface area contributed by atoms with Crippen LogP contribution in [0.25, 0.3) is 0 Å². The van der Waals surface area contributed by atoms with Crippen molar-refractivity contribution in [3.8, 4) is 0 Å². The molecule has 2 rings (SSSR count). The van der Waals surface area contributed by atoms with Crippen LogP contribution in [0.3, 0.4) is 0 Å². The summed E-state index contributed by atoms with van der Waals surface area (Å²) in [4.78, 5) is 14.9. The van der Waals surface area contributed by atoms with Crippen molar-refractivity contribution < 1.29 is 9.53 Å². The lowest BCUT2D eigenvalue weighted by molar-refractivity contribution is -0.144. The van der Waals surface area contributed by atoms with E-state index in [0.29, 0.717) is 12.6 Å². The summed E-state index contributed by atoms with van der Waals surface area (Å²) < 4.78 is 5.50. The fourth-order valence-corrected chi connectivity index (χ4v) is 3.11. The van der Waals surface area contributed by atoms with Gasteiger partial charge in [0, 0.05) is 19.7 Å². The van der Waals surface area contributed by atoms with E-state index in [9.17, 15) is 4.79 Å². The van der Waals surface area contributed by atoms with Gasteiger partial charge < -0.3 is 15.4 Å². The minimum atomic E-state index is -0.510. The molecule has 0 radical (unpaired) electrons. The van der Waals surface area contributed by atoms with Gasteiger partial charge in [0.25, 0.3) is 5.91 Å². The molecule has 1 aromatic rings. The van der Waals surface area contributed by atoms with E-state index in [2.05, 4.69) is 0 Å². The Balaban J connectivity index is 2.14. The second-order valence-electron chi connectivity index (χ2n) is 5.64. The van der Waals surface area contributed by atoms with Crippen LogP contribution in [-0.2, 0) is 9.53 Å². The second kappa shape index (κ2) is 8.15. The molecule has 1 unspecified atom stereocenters. The number of amides is 1. The van der Waals surface area contributed by atoms with Crippen molar-refractivity contribution in [2.75, 3.05) is 20.2 Å². The Kier molecular flexibility index (Phi) is 6.21. The maximum atomic E-state index is 12.9. The first-order valence-corrected chi connectivity index (χ1v) is 7.86. The average molecular weight is 290 g/mol. The zero-order valence-corrected chi connectivity index (χ0v) is 12.8. The predicted molar refractivity (Wildman–Crippen MR) is 83.8 cm³/mol. The standard InChI is InChI=1S/C17H26N2O2/c1-21-16(14-8-3-2-4-9-14)17(20)19(13-7-12-18)15-10-5-6-11-15/h2-4,8-9,15-16H,5-7,10-13,18H2,1H3. The van der Waals surface area contributed by atoms with Crippen LogP contribution >= 0.6 is 0 Å². The van der Waals surface area contributed by atoms with Crippen LogP contribution in [-0.4, -0.2) is 37.0 Å². The number of methoxy groups -OCH3 is 1. The van der Waals surface area contributed by atoms with Gasteiger partial charge in [-0.15, -0.1) is 0 Å². The Bertz CT molecular complexity index is 430. The summed E-state index contributed by atoms with van der Waals surface area (Å²) in [5.41, 5.74) is 6.54. The van der Waals surface area contributed by atoms with Crippen LogP contribution in [0.4, 0.5) is 0 Å². The fraction of sp³-hybridized carbons (Fsp3) is 0.588. The van der Waals surface area contributed by atoms with Crippen LogP contribution in [0.2, 0.25) is 0 Å². The van der Waals surface area contributed by atoms with Gasteiger partial charge in [0.05, 0.1) is 0 Å². The van der Waals surface area contributed by atoms with E-state index in [0.717, 1.165) is 31.4 Å². The van der Waals surface area contributed by atoms with Crippen molar-refractivity contribution in [3.05, 3.63) is 35.9 Å². The number of nitrogens with zero attached hydrogens (tertiary/aromatic N) is 1. The van der Waals surface area contributed by atoms with Crippen LogP contribution in [0.15, 0.2) is 30.3 Å². The SMILES string of the molecule is COC(C(=O)N(CCCN)C1CCCC1)c1ccccc1. The summed E-state index contributed by atoms with van der Waals surface area (Å²) in [5, 5.41) is 0. The molecule has 0 heterocycles. The Morgan fingerprint density at radius 1 is 1.33 bits per heavy atom. The fourth-order valence-electron chi connectivity index (χ4n) is 3.11. The normalized spacial score (nSPS) is 16.9. The number of ether oxygens (including phenoxy) is 1. The van der Waals surface area contributed by atoms with Gasteiger partial charge in [-0.05, 0) is 31.4 Å². The van der Waals surface area contributed by atoms with Crippen LogP contribution in [0.1, 0.15) is 43.8 Å². The molecule has 0 spiro atoms. The first-order valence-electron chi connectivity index (χ1n) is 7.86. The zero-order valence-electron chi connectivity index (χ0n) is 12.8. The lowest BCUT2D eigenvalue weighted by atomic mass is 10.1. The lowest BCUT2D eigenvalue weighted by Gasteiger charge is -2.32. The molecule has 2 N–H and O–H groups in total. The van der Waals surface area contributed by atoms with E-state index < -0.39 is 6.10 Å². The maximum Gasteiger partial charge on any atom is 0.256 e. The first-order chi connectivity index (χ1) is 10.3. The maximum absolute atomic E-state index is 12.9. The average Bonchev–Trinajstić information content (AvgIpc) is 3.04. The predicted octanol–water partition coefficient (Wildman–Crippen LogP) is 2.49. The van der Waals surface area contributed by atoms with Gasteiger partial charge in [0.1, 0.15) is 0 Å². The van der Waals surface area contributed by atoms with E-state index in [1.165, 1.54) is 12.8 Å². The van der Waals surface area contributed by atoms with Crippen molar-refractivity contribution in [1.82, 2.24) is 4.90 Å². The summed E-state index contributed by atoms with van der Waals surface area (Å²) in [6.45, 7) is 1.34. The Hall–Kier alpha value is -1.39. The third-order valence-electron chi connectivity index (χ3n) is 4.21. The van der Waals surface area contributed by atoms with Gasteiger partial charge in [0.15, 0.2) is 6.10 Å². The molecular weight excluding hydrogens is 264 g/mol. The molecule has 116 valence electrons. The van der Waals surface area contributed by atoms with Crippen LogP contribution in [0, 0.1) is 0 Å². The highest BCUT2D eigenvalue weighted by Gasteiger charge is 2.31. The molecule has 0 aromatic heterocycles. The molecule has 1 aliphatic carbocycles. The molecule has 1 saturated carbocycles. The third-order valence-corrected chi connectivity index (χ3v) is 4.21. The van der Waals surface area contributed by atoms with Gasteiger partial charge in [-0.3, -0.25) is 4.79 Å². The van der Waals surface area contributed by atoms with Crippen LogP contribution in [0.5, 0.6) is 0 Å². The topological polar surface area (TPSA) is 55.6 Å². The molecule has 1 atom stereocenters. The highest BCUT2D eigenvalue weighted by molar-refractivity contribution is 5.82. The van der Waals surface area contributed by atoms with E-state index in [4.69, 9.17) is 10.5 Å². The second-order valence-corrected chi connectivity index (χ2v) is 5.64. The lowest BCUT2D eigenvalue weighted by Crippen LogP contribution is -2.43. The minimum absolute atomic E-state index is 0.0732. The van der Waals surface area contributed by atoms with Gasteiger partial charge in [-0.1, -0.05) is 43.2 Å². The molecule has 1 aromatic carbocycles. The minimum Gasteiger partial charge on any atom is -0.367 e. The molecule has 0 aliphatic heterocycles. The number of rotatable bonds is 7. The summed E-state index contributed by atoms with van der Waals surface area (Å²) in [6, 6.07) is 10.1. The smallest absolute Gasteiger partial charge is 0.256 e. The third kappa shape index (κ3) is 4.05.